The minimum atomic E-state index is -0.644. The summed E-state index contributed by atoms with van der Waals surface area (Å²) < 4.78 is 23.2. The topological polar surface area (TPSA) is 101 Å². The Hall–Kier alpha value is -3.73. The molecule has 32 heavy (non-hydrogen) atoms. The molecule has 2 N–H and O–H groups in total. The number of anilines is 2. The van der Waals surface area contributed by atoms with E-state index in [1.165, 1.54) is 16.0 Å². The summed E-state index contributed by atoms with van der Waals surface area (Å²) in [6.45, 7) is 6.98. The van der Waals surface area contributed by atoms with Crippen molar-refractivity contribution in [1.29, 1.82) is 0 Å². The summed E-state index contributed by atoms with van der Waals surface area (Å²) in [5.41, 5.74) is 2.78. The number of nitrogens with zero attached hydrogens (tertiary/aromatic N) is 6. The van der Waals surface area contributed by atoms with Gasteiger partial charge in [-0.1, -0.05) is 0 Å². The average molecular weight is 438 g/mol. The molecule has 1 saturated heterocycles. The predicted molar refractivity (Wildman–Crippen MR) is 117 cm³/mol. The number of amides is 1. The van der Waals surface area contributed by atoms with Crippen LogP contribution in [0.4, 0.5) is 15.8 Å². The number of aromatic nitrogens is 5. The summed E-state index contributed by atoms with van der Waals surface area (Å²) >= 11 is 0. The van der Waals surface area contributed by atoms with E-state index in [-0.39, 0.29) is 22.8 Å². The van der Waals surface area contributed by atoms with Crippen LogP contribution in [0.5, 0.6) is 5.75 Å². The molecule has 4 aromatic rings. The first-order valence-electron chi connectivity index (χ1n) is 10.3. The third-order valence-electron chi connectivity index (χ3n) is 5.47. The van der Waals surface area contributed by atoms with E-state index in [1.807, 2.05) is 6.07 Å². The first kappa shape index (κ1) is 20.2. The fraction of sp³-hybridized carbons (Fsp3) is 0.333. The number of piperazine rings is 1. The van der Waals surface area contributed by atoms with Gasteiger partial charge >= 0.3 is 0 Å². The molecule has 5 rings (SSSR count). The second kappa shape index (κ2) is 7.75. The Bertz CT molecular complexity index is 1340. The molecule has 166 valence electrons. The summed E-state index contributed by atoms with van der Waals surface area (Å²) in [5, 5.41) is 10.5. The highest BCUT2D eigenvalue weighted by Crippen LogP contribution is 2.31. The molecule has 0 radical (unpaired) electrons. The van der Waals surface area contributed by atoms with Gasteiger partial charge in [0, 0.05) is 38.6 Å². The zero-order valence-corrected chi connectivity index (χ0v) is 18.0. The molecule has 1 aliphatic rings. The average Bonchev–Trinajstić information content (AvgIpc) is 3.35. The molecule has 0 atom stereocenters. The van der Waals surface area contributed by atoms with Crippen molar-refractivity contribution >= 4 is 28.6 Å². The second-order valence-corrected chi connectivity index (χ2v) is 7.69. The summed E-state index contributed by atoms with van der Waals surface area (Å²) in [7, 11) is 1.35. The Kier molecular flexibility index (Phi) is 4.89. The number of nitrogens with one attached hydrogen (secondary N) is 2. The lowest BCUT2D eigenvalue weighted by molar-refractivity contribution is 0.101. The van der Waals surface area contributed by atoms with E-state index in [0.717, 1.165) is 31.9 Å². The molecule has 1 fully saturated rings. The third-order valence-corrected chi connectivity index (χ3v) is 5.47. The number of hydrogen-bond donors (Lipinski definition) is 2. The van der Waals surface area contributed by atoms with Crippen molar-refractivity contribution in [3.63, 3.8) is 0 Å². The van der Waals surface area contributed by atoms with Crippen molar-refractivity contribution in [3.05, 3.63) is 47.6 Å². The van der Waals surface area contributed by atoms with Gasteiger partial charge in [-0.3, -0.25) is 4.79 Å². The third kappa shape index (κ3) is 3.30. The number of carbonyl (C=O) groups excluding carboxylic acids is 1. The first-order valence-corrected chi connectivity index (χ1v) is 10.3. The zero-order valence-electron chi connectivity index (χ0n) is 18.0. The van der Waals surface area contributed by atoms with Crippen LogP contribution in [0.15, 0.2) is 24.5 Å². The molecule has 5 heterocycles. The lowest BCUT2D eigenvalue weighted by Crippen LogP contribution is -2.43. The molecule has 0 spiro atoms. The van der Waals surface area contributed by atoms with Gasteiger partial charge < -0.3 is 24.7 Å². The minimum Gasteiger partial charge on any atom is -0.491 e. The second-order valence-electron chi connectivity index (χ2n) is 7.69. The van der Waals surface area contributed by atoms with Crippen LogP contribution < -0.4 is 20.3 Å². The number of imidazole rings is 1. The highest BCUT2D eigenvalue weighted by molar-refractivity contribution is 6.04. The molecule has 0 unspecified atom stereocenters. The van der Waals surface area contributed by atoms with E-state index in [4.69, 9.17) is 4.74 Å². The van der Waals surface area contributed by atoms with Gasteiger partial charge in [0.2, 0.25) is 5.82 Å². The molecule has 11 heteroatoms. The minimum absolute atomic E-state index is 0.0834. The molecule has 1 aliphatic heterocycles. The maximum Gasteiger partial charge on any atom is 0.274 e. The van der Waals surface area contributed by atoms with E-state index < -0.39 is 11.7 Å². The van der Waals surface area contributed by atoms with E-state index in [9.17, 15) is 9.18 Å². The van der Waals surface area contributed by atoms with Gasteiger partial charge in [0.25, 0.3) is 5.91 Å². The summed E-state index contributed by atoms with van der Waals surface area (Å²) in [4.78, 5) is 24.1. The van der Waals surface area contributed by atoms with Crippen molar-refractivity contribution in [3.8, 4) is 5.75 Å². The quantitative estimate of drug-likeness (QED) is 0.501. The van der Waals surface area contributed by atoms with Gasteiger partial charge in [0.1, 0.15) is 17.2 Å². The Morgan fingerprint density at radius 2 is 1.94 bits per heavy atom. The summed E-state index contributed by atoms with van der Waals surface area (Å²) in [5.74, 6) is -0.629. The van der Waals surface area contributed by atoms with Crippen LogP contribution >= 0.6 is 0 Å². The highest BCUT2D eigenvalue weighted by atomic mass is 19.1. The fourth-order valence-electron chi connectivity index (χ4n) is 4.05. The van der Waals surface area contributed by atoms with Gasteiger partial charge in [-0.05, 0) is 26.0 Å². The van der Waals surface area contributed by atoms with Gasteiger partial charge in [-0.2, -0.15) is 9.49 Å². The zero-order chi connectivity index (χ0) is 22.4. The number of pyridine rings is 2. The van der Waals surface area contributed by atoms with Gasteiger partial charge in [0.15, 0.2) is 17.0 Å². The van der Waals surface area contributed by atoms with Crippen LogP contribution in [0.2, 0.25) is 0 Å². The number of aryl methyl sites for hydroxylation is 2. The first-order chi connectivity index (χ1) is 15.5. The number of fused-ring (bicyclic) bond motifs is 2. The molecule has 0 bridgehead atoms. The number of halogens is 1. The highest BCUT2D eigenvalue weighted by Gasteiger charge is 2.23. The number of hydrogen-bond acceptors (Lipinski definition) is 7. The Balaban J connectivity index is 1.55. The van der Waals surface area contributed by atoms with Crippen LogP contribution in [-0.4, -0.2) is 63.2 Å². The van der Waals surface area contributed by atoms with Crippen molar-refractivity contribution < 1.29 is 13.9 Å². The molecule has 4 aromatic heterocycles. The van der Waals surface area contributed by atoms with Crippen molar-refractivity contribution in [1.82, 2.24) is 29.3 Å². The smallest absolute Gasteiger partial charge is 0.274 e. The summed E-state index contributed by atoms with van der Waals surface area (Å²) in [6, 6.07) is 3.58. The molecule has 0 saturated carbocycles. The van der Waals surface area contributed by atoms with Crippen LogP contribution in [-0.2, 0) is 0 Å². The van der Waals surface area contributed by atoms with Crippen molar-refractivity contribution in [2.45, 2.75) is 13.8 Å². The van der Waals surface area contributed by atoms with E-state index in [0.29, 0.717) is 17.2 Å². The van der Waals surface area contributed by atoms with E-state index in [1.54, 1.807) is 32.3 Å². The molecule has 0 aromatic carbocycles. The summed E-state index contributed by atoms with van der Waals surface area (Å²) in [6.07, 6.45) is 3.25. The number of carbonyl (C=O) groups is 1. The number of methoxy groups -OCH3 is 1. The van der Waals surface area contributed by atoms with Crippen LogP contribution in [0.3, 0.4) is 0 Å². The molecular formula is C21H23FN8O2. The largest absolute Gasteiger partial charge is 0.491 e. The normalized spacial score (nSPS) is 14.3. The number of rotatable bonds is 4. The van der Waals surface area contributed by atoms with Crippen molar-refractivity contribution in [2.24, 2.45) is 0 Å². The maximum absolute atomic E-state index is 14.9. The van der Waals surface area contributed by atoms with Crippen LogP contribution in [0, 0.1) is 19.7 Å². The van der Waals surface area contributed by atoms with Crippen LogP contribution in [0.25, 0.3) is 11.3 Å². The standard InChI is InChI=1S/C21H23FN8O2/c1-12-10-29-11-14(18(32-3)17(22)20(29)24-12)26-21(31)16-5-4-15(28-8-6-23-7-9-28)19-25-13(2)27-30(16)19/h4-5,10-11,23H,6-9H2,1-3H3,(H,26,31). The fourth-order valence-corrected chi connectivity index (χ4v) is 4.05. The number of ether oxygens (including phenoxy) is 1. The van der Waals surface area contributed by atoms with Gasteiger partial charge in [0.05, 0.1) is 18.5 Å². The van der Waals surface area contributed by atoms with Crippen molar-refractivity contribution in [2.75, 3.05) is 43.5 Å². The lowest BCUT2D eigenvalue weighted by atomic mass is 10.2. The predicted octanol–water partition coefficient (Wildman–Crippen LogP) is 1.80. The van der Waals surface area contributed by atoms with E-state index in [2.05, 4.69) is 30.6 Å². The lowest BCUT2D eigenvalue weighted by Gasteiger charge is -2.29. The molecule has 0 aliphatic carbocycles. The van der Waals surface area contributed by atoms with E-state index >= 15 is 0 Å². The SMILES string of the molecule is COc1c(NC(=O)c2ccc(N3CCNCC3)c3nc(C)nn23)cn2cc(C)nc2c1F. The molecular weight excluding hydrogens is 415 g/mol. The maximum atomic E-state index is 14.9. The van der Waals surface area contributed by atoms with Gasteiger partial charge in [-0.25, -0.2) is 14.5 Å². The Morgan fingerprint density at radius 3 is 2.69 bits per heavy atom. The molecule has 10 nitrogen and oxygen atoms in total. The molecule has 1 amide bonds. The monoisotopic (exact) mass is 438 g/mol. The van der Waals surface area contributed by atoms with Crippen LogP contribution in [0.1, 0.15) is 22.0 Å². The Labute approximate surface area is 183 Å². The Morgan fingerprint density at radius 1 is 1.16 bits per heavy atom. The van der Waals surface area contributed by atoms with Gasteiger partial charge in [-0.15, -0.1) is 0 Å².